The molecule has 1 fully saturated rings. The largest absolute Gasteiger partial charge is 0.497 e. The molecule has 1 saturated carbocycles. The lowest BCUT2D eigenvalue weighted by molar-refractivity contribution is -0.120. The summed E-state index contributed by atoms with van der Waals surface area (Å²) in [5.74, 6) is 2.29. The van der Waals surface area contributed by atoms with E-state index in [-0.39, 0.29) is 11.3 Å². The molecule has 0 heterocycles. The Hall–Kier alpha value is -2.69. The molecule has 0 aromatic heterocycles. The second-order valence-electron chi connectivity index (χ2n) is 7.36. The summed E-state index contributed by atoms with van der Waals surface area (Å²) >= 11 is 0. The van der Waals surface area contributed by atoms with Crippen LogP contribution in [-0.2, 0) is 16.6 Å². The van der Waals surface area contributed by atoms with E-state index in [0.717, 1.165) is 35.7 Å². The molecular formula is C23H29NO4. The fourth-order valence-corrected chi connectivity index (χ4v) is 4.04. The Kier molecular flexibility index (Phi) is 6.45. The van der Waals surface area contributed by atoms with Gasteiger partial charge in [-0.05, 0) is 48.2 Å². The quantitative estimate of drug-likeness (QED) is 0.752. The lowest BCUT2D eigenvalue weighted by Crippen LogP contribution is -2.39. The van der Waals surface area contributed by atoms with Crippen LogP contribution in [0.4, 0.5) is 0 Å². The van der Waals surface area contributed by atoms with E-state index < -0.39 is 0 Å². The molecule has 5 heteroatoms. The topological polar surface area (TPSA) is 56.8 Å². The van der Waals surface area contributed by atoms with E-state index in [2.05, 4.69) is 17.4 Å². The molecule has 1 aliphatic rings. The summed E-state index contributed by atoms with van der Waals surface area (Å²) in [6.45, 7) is 0.636. The summed E-state index contributed by atoms with van der Waals surface area (Å²) < 4.78 is 16.0. The van der Waals surface area contributed by atoms with Gasteiger partial charge in [-0.1, -0.05) is 31.0 Å². The van der Waals surface area contributed by atoms with Crippen molar-refractivity contribution in [2.75, 3.05) is 27.9 Å². The van der Waals surface area contributed by atoms with E-state index in [4.69, 9.17) is 14.2 Å². The lowest BCUT2D eigenvalue weighted by Gasteiger charge is -2.30. The van der Waals surface area contributed by atoms with Crippen molar-refractivity contribution in [1.82, 2.24) is 5.32 Å². The highest BCUT2D eigenvalue weighted by Crippen LogP contribution is 2.43. The van der Waals surface area contributed by atoms with Crippen LogP contribution in [0.2, 0.25) is 0 Å². The van der Waals surface area contributed by atoms with Gasteiger partial charge >= 0.3 is 0 Å². The maximum absolute atomic E-state index is 12.5. The van der Waals surface area contributed by atoms with Crippen molar-refractivity contribution in [3.05, 3.63) is 53.6 Å². The van der Waals surface area contributed by atoms with E-state index in [1.807, 2.05) is 30.3 Å². The van der Waals surface area contributed by atoms with Gasteiger partial charge in [0.25, 0.3) is 0 Å². The fraction of sp³-hybridized carbons (Fsp3) is 0.435. The third kappa shape index (κ3) is 4.41. The Balaban J connectivity index is 1.69. The number of carbonyl (C=O) groups excluding carboxylic acids is 1. The summed E-state index contributed by atoms with van der Waals surface area (Å²) in [4.78, 5) is 12.5. The molecule has 0 spiro atoms. The van der Waals surface area contributed by atoms with Gasteiger partial charge in [-0.2, -0.15) is 0 Å². The second kappa shape index (κ2) is 9.00. The summed E-state index contributed by atoms with van der Waals surface area (Å²) in [5.41, 5.74) is 2.13. The van der Waals surface area contributed by atoms with Gasteiger partial charge in [0.1, 0.15) is 5.75 Å². The monoisotopic (exact) mass is 383 g/mol. The van der Waals surface area contributed by atoms with Gasteiger partial charge in [-0.15, -0.1) is 0 Å². The number of rotatable bonds is 8. The van der Waals surface area contributed by atoms with Crippen molar-refractivity contribution in [3.8, 4) is 17.2 Å². The fourth-order valence-electron chi connectivity index (χ4n) is 4.04. The van der Waals surface area contributed by atoms with Crippen molar-refractivity contribution >= 4 is 5.91 Å². The Morgan fingerprint density at radius 1 is 0.929 bits per heavy atom. The Labute approximate surface area is 167 Å². The van der Waals surface area contributed by atoms with Crippen LogP contribution >= 0.6 is 0 Å². The van der Waals surface area contributed by atoms with Gasteiger partial charge in [0.05, 0.1) is 27.8 Å². The van der Waals surface area contributed by atoms with Crippen LogP contribution < -0.4 is 19.5 Å². The molecule has 1 amide bonds. The number of ether oxygens (including phenoxy) is 3. The van der Waals surface area contributed by atoms with E-state index in [1.165, 1.54) is 18.4 Å². The normalized spacial score (nSPS) is 15.1. The van der Waals surface area contributed by atoms with Crippen LogP contribution in [0.15, 0.2) is 42.5 Å². The molecule has 1 aliphatic carbocycles. The maximum Gasteiger partial charge on any atom is 0.224 e. The van der Waals surface area contributed by atoms with Crippen molar-refractivity contribution in [1.29, 1.82) is 0 Å². The highest BCUT2D eigenvalue weighted by atomic mass is 16.5. The first-order valence-corrected chi connectivity index (χ1v) is 9.72. The number of amides is 1. The molecule has 0 atom stereocenters. The summed E-state index contributed by atoms with van der Waals surface area (Å²) in [6.07, 6.45) is 4.83. The first-order valence-electron chi connectivity index (χ1n) is 9.72. The van der Waals surface area contributed by atoms with E-state index in [9.17, 15) is 4.79 Å². The van der Waals surface area contributed by atoms with Crippen molar-refractivity contribution in [2.45, 2.75) is 37.5 Å². The standard InChI is InChI=1S/C23H29NO4/c1-26-19-9-6-17(7-10-19)14-22(25)24-16-23(12-4-5-13-23)18-8-11-20(27-2)21(15-18)28-3/h6-11,15H,4-5,12-14,16H2,1-3H3,(H,24,25). The number of nitrogens with one attached hydrogen (secondary N) is 1. The van der Waals surface area contributed by atoms with E-state index >= 15 is 0 Å². The van der Waals surface area contributed by atoms with Crippen LogP contribution in [0.25, 0.3) is 0 Å². The summed E-state index contributed by atoms with van der Waals surface area (Å²) in [5, 5.41) is 3.16. The number of benzene rings is 2. The Morgan fingerprint density at radius 2 is 1.61 bits per heavy atom. The molecule has 0 unspecified atom stereocenters. The number of hydrogen-bond donors (Lipinski definition) is 1. The first kappa shape index (κ1) is 20.1. The minimum Gasteiger partial charge on any atom is -0.497 e. The average molecular weight is 383 g/mol. The summed E-state index contributed by atoms with van der Waals surface area (Å²) in [6, 6.07) is 13.7. The van der Waals surface area contributed by atoms with Crippen LogP contribution in [0.5, 0.6) is 17.2 Å². The highest BCUT2D eigenvalue weighted by Gasteiger charge is 2.36. The highest BCUT2D eigenvalue weighted by molar-refractivity contribution is 5.78. The predicted molar refractivity (Wildman–Crippen MR) is 109 cm³/mol. The zero-order valence-corrected chi connectivity index (χ0v) is 16.9. The maximum atomic E-state index is 12.5. The lowest BCUT2D eigenvalue weighted by atomic mass is 9.78. The molecule has 0 aliphatic heterocycles. The average Bonchev–Trinajstić information content (AvgIpc) is 3.22. The SMILES string of the molecule is COc1ccc(CC(=O)NCC2(c3ccc(OC)c(OC)c3)CCCC2)cc1. The van der Waals surface area contributed by atoms with E-state index in [1.54, 1.807) is 21.3 Å². The Morgan fingerprint density at radius 3 is 2.21 bits per heavy atom. The molecule has 1 N–H and O–H groups in total. The van der Waals surface area contributed by atoms with Gasteiger partial charge in [0.15, 0.2) is 11.5 Å². The minimum absolute atomic E-state index is 0.0388. The molecule has 28 heavy (non-hydrogen) atoms. The van der Waals surface area contributed by atoms with Gasteiger partial charge in [0.2, 0.25) is 5.91 Å². The van der Waals surface area contributed by atoms with Crippen LogP contribution in [0, 0.1) is 0 Å². The molecular weight excluding hydrogens is 354 g/mol. The molecule has 0 bridgehead atoms. The van der Waals surface area contributed by atoms with Crippen LogP contribution in [0.1, 0.15) is 36.8 Å². The van der Waals surface area contributed by atoms with Gasteiger partial charge in [0, 0.05) is 12.0 Å². The van der Waals surface area contributed by atoms with Crippen molar-refractivity contribution < 1.29 is 19.0 Å². The van der Waals surface area contributed by atoms with Gasteiger partial charge in [-0.25, -0.2) is 0 Å². The minimum atomic E-state index is -0.0465. The summed E-state index contributed by atoms with van der Waals surface area (Å²) in [7, 11) is 4.93. The molecule has 2 aromatic rings. The predicted octanol–water partition coefficient (Wildman–Crippen LogP) is 3.88. The number of methoxy groups -OCH3 is 3. The third-order valence-corrected chi connectivity index (χ3v) is 5.70. The second-order valence-corrected chi connectivity index (χ2v) is 7.36. The molecule has 150 valence electrons. The molecule has 0 radical (unpaired) electrons. The van der Waals surface area contributed by atoms with E-state index in [0.29, 0.717) is 13.0 Å². The van der Waals surface area contributed by atoms with Crippen LogP contribution in [0.3, 0.4) is 0 Å². The molecule has 2 aromatic carbocycles. The zero-order valence-electron chi connectivity index (χ0n) is 16.9. The molecule has 3 rings (SSSR count). The Bertz CT molecular complexity index is 795. The van der Waals surface area contributed by atoms with Crippen molar-refractivity contribution in [2.24, 2.45) is 0 Å². The first-order chi connectivity index (χ1) is 13.6. The van der Waals surface area contributed by atoms with Gasteiger partial charge in [-0.3, -0.25) is 4.79 Å². The third-order valence-electron chi connectivity index (χ3n) is 5.70. The number of carbonyl (C=O) groups is 1. The number of hydrogen-bond acceptors (Lipinski definition) is 4. The molecule has 0 saturated heterocycles. The van der Waals surface area contributed by atoms with Crippen LogP contribution in [-0.4, -0.2) is 33.8 Å². The van der Waals surface area contributed by atoms with Gasteiger partial charge < -0.3 is 19.5 Å². The molecule has 5 nitrogen and oxygen atoms in total. The zero-order chi connectivity index (χ0) is 20.0. The smallest absolute Gasteiger partial charge is 0.224 e. The van der Waals surface area contributed by atoms with Crippen molar-refractivity contribution in [3.63, 3.8) is 0 Å².